The first-order valence-corrected chi connectivity index (χ1v) is 4.84. The SMILES string of the molecule is N#Cc1ccc(Nc2ncnc(N)c2N)cc1. The second-order valence-electron chi connectivity index (χ2n) is 3.34. The highest BCUT2D eigenvalue weighted by molar-refractivity contribution is 5.76. The lowest BCUT2D eigenvalue weighted by atomic mass is 10.2. The number of nitrogens with two attached hydrogens (primary N) is 2. The smallest absolute Gasteiger partial charge is 0.159 e. The van der Waals surface area contributed by atoms with E-state index in [1.54, 1.807) is 24.3 Å². The molecule has 0 aliphatic carbocycles. The predicted octanol–water partition coefficient (Wildman–Crippen LogP) is 1.26. The summed E-state index contributed by atoms with van der Waals surface area (Å²) in [5, 5.41) is 11.7. The molecule has 0 unspecified atom stereocenters. The topological polar surface area (TPSA) is 114 Å². The van der Waals surface area contributed by atoms with Gasteiger partial charge in [0.2, 0.25) is 0 Å². The molecule has 0 bridgehead atoms. The van der Waals surface area contributed by atoms with Crippen molar-refractivity contribution >= 4 is 23.0 Å². The first-order chi connectivity index (χ1) is 8.20. The van der Waals surface area contributed by atoms with Gasteiger partial charge in [0.05, 0.1) is 11.6 Å². The molecule has 2 rings (SSSR count). The van der Waals surface area contributed by atoms with Gasteiger partial charge < -0.3 is 16.8 Å². The van der Waals surface area contributed by atoms with E-state index in [9.17, 15) is 0 Å². The molecule has 5 N–H and O–H groups in total. The highest BCUT2D eigenvalue weighted by Gasteiger charge is 2.05. The largest absolute Gasteiger partial charge is 0.393 e. The van der Waals surface area contributed by atoms with Gasteiger partial charge >= 0.3 is 0 Å². The quantitative estimate of drug-likeness (QED) is 0.710. The number of nitrogen functional groups attached to an aromatic ring is 2. The molecule has 84 valence electrons. The number of rotatable bonds is 2. The number of nitrogens with one attached hydrogen (secondary N) is 1. The highest BCUT2D eigenvalue weighted by atomic mass is 15.1. The van der Waals surface area contributed by atoms with Gasteiger partial charge in [-0.3, -0.25) is 0 Å². The van der Waals surface area contributed by atoms with Gasteiger partial charge in [0.15, 0.2) is 11.6 Å². The van der Waals surface area contributed by atoms with E-state index >= 15 is 0 Å². The Kier molecular flexibility index (Phi) is 2.75. The summed E-state index contributed by atoms with van der Waals surface area (Å²) in [5.74, 6) is 0.679. The van der Waals surface area contributed by atoms with Crippen LogP contribution in [0.5, 0.6) is 0 Å². The zero-order valence-corrected chi connectivity index (χ0v) is 8.88. The minimum atomic E-state index is 0.233. The molecule has 0 spiro atoms. The maximum absolute atomic E-state index is 8.67. The molecule has 2 aromatic rings. The maximum Gasteiger partial charge on any atom is 0.159 e. The van der Waals surface area contributed by atoms with Crippen LogP contribution in [0, 0.1) is 11.3 Å². The molecule has 0 aliphatic rings. The number of hydrogen-bond donors (Lipinski definition) is 3. The van der Waals surface area contributed by atoms with Crippen molar-refractivity contribution in [3.63, 3.8) is 0 Å². The Morgan fingerprint density at radius 3 is 2.47 bits per heavy atom. The number of aromatic nitrogens is 2. The summed E-state index contributed by atoms with van der Waals surface area (Å²) in [4.78, 5) is 7.75. The minimum Gasteiger partial charge on any atom is -0.393 e. The van der Waals surface area contributed by atoms with Crippen LogP contribution in [0.4, 0.5) is 23.0 Å². The molecule has 1 aromatic heterocycles. The summed E-state index contributed by atoms with van der Waals surface area (Å²) < 4.78 is 0. The summed E-state index contributed by atoms with van der Waals surface area (Å²) in [5.41, 5.74) is 12.9. The van der Waals surface area contributed by atoms with Crippen LogP contribution in [-0.4, -0.2) is 9.97 Å². The molecular formula is C11H10N6. The molecule has 6 nitrogen and oxygen atoms in total. The lowest BCUT2D eigenvalue weighted by Crippen LogP contribution is -2.04. The van der Waals surface area contributed by atoms with E-state index in [0.29, 0.717) is 17.1 Å². The van der Waals surface area contributed by atoms with Crippen molar-refractivity contribution in [2.24, 2.45) is 0 Å². The molecule has 17 heavy (non-hydrogen) atoms. The lowest BCUT2D eigenvalue weighted by molar-refractivity contribution is 1.18. The van der Waals surface area contributed by atoms with E-state index in [2.05, 4.69) is 15.3 Å². The number of anilines is 4. The maximum atomic E-state index is 8.67. The van der Waals surface area contributed by atoms with Gasteiger partial charge in [0.25, 0.3) is 0 Å². The predicted molar refractivity (Wildman–Crippen MR) is 65.3 cm³/mol. The van der Waals surface area contributed by atoms with Crippen LogP contribution in [0.1, 0.15) is 5.56 Å². The van der Waals surface area contributed by atoms with Crippen LogP contribution in [0.2, 0.25) is 0 Å². The second kappa shape index (κ2) is 4.37. The standard InChI is InChI=1S/C11H10N6/c12-5-7-1-3-8(4-2-7)17-11-9(13)10(14)15-6-16-11/h1-4,6H,13H2,(H3,14,15,16,17). The Balaban J connectivity index is 2.26. The summed E-state index contributed by atoms with van der Waals surface area (Å²) in [6.45, 7) is 0. The van der Waals surface area contributed by atoms with Gasteiger partial charge in [0, 0.05) is 5.69 Å². The fourth-order valence-corrected chi connectivity index (χ4v) is 1.27. The Hall–Kier alpha value is -2.81. The third-order valence-corrected chi connectivity index (χ3v) is 2.19. The van der Waals surface area contributed by atoms with Crippen molar-refractivity contribution in [3.05, 3.63) is 36.2 Å². The van der Waals surface area contributed by atoms with Crippen LogP contribution in [0.3, 0.4) is 0 Å². The Morgan fingerprint density at radius 2 is 1.82 bits per heavy atom. The molecule has 0 atom stereocenters. The number of nitrogens with zero attached hydrogens (tertiary/aromatic N) is 3. The molecule has 1 aromatic carbocycles. The second-order valence-corrected chi connectivity index (χ2v) is 3.34. The van der Waals surface area contributed by atoms with Crippen LogP contribution in [-0.2, 0) is 0 Å². The minimum absolute atomic E-state index is 0.233. The van der Waals surface area contributed by atoms with Gasteiger partial charge in [-0.2, -0.15) is 5.26 Å². The van der Waals surface area contributed by atoms with E-state index in [0.717, 1.165) is 5.69 Å². The number of hydrogen-bond acceptors (Lipinski definition) is 6. The molecule has 0 aliphatic heterocycles. The summed E-state index contributed by atoms with van der Waals surface area (Å²) >= 11 is 0. The highest BCUT2D eigenvalue weighted by Crippen LogP contribution is 2.23. The monoisotopic (exact) mass is 226 g/mol. The van der Waals surface area contributed by atoms with Crippen molar-refractivity contribution in [1.29, 1.82) is 5.26 Å². The summed E-state index contributed by atoms with van der Waals surface area (Å²) in [7, 11) is 0. The molecule has 0 radical (unpaired) electrons. The third kappa shape index (κ3) is 2.23. The van der Waals surface area contributed by atoms with Gasteiger partial charge in [-0.15, -0.1) is 0 Å². The van der Waals surface area contributed by atoms with Crippen LogP contribution >= 0.6 is 0 Å². The fraction of sp³-hybridized carbons (Fsp3) is 0. The zero-order valence-electron chi connectivity index (χ0n) is 8.88. The average molecular weight is 226 g/mol. The zero-order chi connectivity index (χ0) is 12.3. The Morgan fingerprint density at radius 1 is 1.12 bits per heavy atom. The van der Waals surface area contributed by atoms with E-state index in [-0.39, 0.29) is 5.82 Å². The van der Waals surface area contributed by atoms with Crippen LogP contribution < -0.4 is 16.8 Å². The van der Waals surface area contributed by atoms with Crippen molar-refractivity contribution in [2.75, 3.05) is 16.8 Å². The van der Waals surface area contributed by atoms with Gasteiger partial charge in [-0.05, 0) is 24.3 Å². The van der Waals surface area contributed by atoms with Crippen molar-refractivity contribution < 1.29 is 0 Å². The molecule has 0 fully saturated rings. The molecule has 0 amide bonds. The van der Waals surface area contributed by atoms with Gasteiger partial charge in [-0.25, -0.2) is 9.97 Å². The van der Waals surface area contributed by atoms with E-state index < -0.39 is 0 Å². The van der Waals surface area contributed by atoms with Crippen LogP contribution in [0.15, 0.2) is 30.6 Å². The lowest BCUT2D eigenvalue weighted by Gasteiger charge is -2.08. The van der Waals surface area contributed by atoms with Crippen LogP contribution in [0.25, 0.3) is 0 Å². The molecular weight excluding hydrogens is 216 g/mol. The van der Waals surface area contributed by atoms with E-state index in [1.165, 1.54) is 6.33 Å². The first-order valence-electron chi connectivity index (χ1n) is 4.84. The van der Waals surface area contributed by atoms with Crippen molar-refractivity contribution in [3.8, 4) is 6.07 Å². The first kappa shape index (κ1) is 10.7. The Bertz CT molecular complexity index is 570. The molecule has 0 saturated heterocycles. The third-order valence-electron chi connectivity index (χ3n) is 2.19. The average Bonchev–Trinajstić information content (AvgIpc) is 2.36. The van der Waals surface area contributed by atoms with Gasteiger partial charge in [-0.1, -0.05) is 0 Å². The summed E-state index contributed by atoms with van der Waals surface area (Å²) in [6.07, 6.45) is 1.33. The molecule has 6 heteroatoms. The number of nitriles is 1. The summed E-state index contributed by atoms with van der Waals surface area (Å²) in [6, 6.07) is 8.96. The molecule has 1 heterocycles. The molecule has 0 saturated carbocycles. The number of benzene rings is 1. The normalized spacial score (nSPS) is 9.59. The van der Waals surface area contributed by atoms with Crippen molar-refractivity contribution in [1.82, 2.24) is 9.97 Å². The van der Waals surface area contributed by atoms with Gasteiger partial charge in [0.1, 0.15) is 12.0 Å². The van der Waals surface area contributed by atoms with E-state index in [4.69, 9.17) is 16.7 Å². The Labute approximate surface area is 97.9 Å². The fourth-order valence-electron chi connectivity index (χ4n) is 1.27. The van der Waals surface area contributed by atoms with E-state index in [1.807, 2.05) is 6.07 Å². The van der Waals surface area contributed by atoms with Crippen molar-refractivity contribution in [2.45, 2.75) is 0 Å².